The van der Waals surface area contributed by atoms with Gasteiger partial charge in [0.2, 0.25) is 5.91 Å². The van der Waals surface area contributed by atoms with Crippen LogP contribution >= 0.6 is 0 Å². The summed E-state index contributed by atoms with van der Waals surface area (Å²) in [6, 6.07) is 5.61. The average molecular weight is 256 g/mol. The predicted octanol–water partition coefficient (Wildman–Crippen LogP) is 1.18. The zero-order chi connectivity index (χ0) is 13.1. The third kappa shape index (κ3) is 2.59. The number of amides is 1. The number of carbonyl (C=O) groups excluding carboxylic acids is 1. The van der Waals surface area contributed by atoms with Crippen molar-refractivity contribution in [1.29, 1.82) is 0 Å². The molecule has 0 spiro atoms. The first kappa shape index (κ1) is 11.4. The standard InChI is InChI=1S/C12H12N6O/c19-12(3-5-18-6-4-13-17-18)15-10-1-2-11-9(7-10)8-14-16-11/h1-2,4,6-8H,3,5H2,(H,14,16)(H,15,19). The molecule has 0 aliphatic rings. The van der Waals surface area contributed by atoms with Crippen molar-refractivity contribution in [3.63, 3.8) is 0 Å². The summed E-state index contributed by atoms with van der Waals surface area (Å²) in [6.07, 6.45) is 5.39. The third-order valence-corrected chi connectivity index (χ3v) is 2.76. The largest absolute Gasteiger partial charge is 0.326 e. The Morgan fingerprint density at radius 2 is 2.37 bits per heavy atom. The number of carbonyl (C=O) groups is 1. The second-order valence-electron chi connectivity index (χ2n) is 4.14. The van der Waals surface area contributed by atoms with Crippen LogP contribution in [0.3, 0.4) is 0 Å². The van der Waals surface area contributed by atoms with Gasteiger partial charge in [0, 0.05) is 23.7 Å². The van der Waals surface area contributed by atoms with E-state index < -0.39 is 0 Å². The molecular weight excluding hydrogens is 244 g/mol. The van der Waals surface area contributed by atoms with Gasteiger partial charge in [-0.1, -0.05) is 5.21 Å². The van der Waals surface area contributed by atoms with Crippen LogP contribution in [0.4, 0.5) is 5.69 Å². The highest BCUT2D eigenvalue weighted by Gasteiger charge is 2.04. The molecule has 3 rings (SSSR count). The lowest BCUT2D eigenvalue weighted by atomic mass is 10.2. The Hall–Kier alpha value is -2.70. The zero-order valence-corrected chi connectivity index (χ0v) is 10.1. The number of aromatic amines is 1. The number of nitrogens with zero attached hydrogens (tertiary/aromatic N) is 4. The molecule has 1 amide bonds. The Balaban J connectivity index is 1.62. The van der Waals surface area contributed by atoms with Gasteiger partial charge in [0.25, 0.3) is 0 Å². The van der Waals surface area contributed by atoms with E-state index in [9.17, 15) is 4.79 Å². The molecule has 7 nitrogen and oxygen atoms in total. The van der Waals surface area contributed by atoms with Gasteiger partial charge in [0.05, 0.1) is 24.5 Å². The monoisotopic (exact) mass is 256 g/mol. The number of aromatic nitrogens is 5. The number of H-pyrrole nitrogens is 1. The third-order valence-electron chi connectivity index (χ3n) is 2.76. The summed E-state index contributed by atoms with van der Waals surface area (Å²) < 4.78 is 1.62. The molecule has 0 atom stereocenters. The molecule has 1 aromatic carbocycles. The van der Waals surface area contributed by atoms with E-state index in [1.165, 1.54) is 0 Å². The molecule has 3 aromatic rings. The van der Waals surface area contributed by atoms with Crippen molar-refractivity contribution in [2.45, 2.75) is 13.0 Å². The first-order valence-corrected chi connectivity index (χ1v) is 5.88. The van der Waals surface area contributed by atoms with Crippen LogP contribution in [0.5, 0.6) is 0 Å². The molecule has 2 heterocycles. The molecular formula is C12H12N6O. The maximum absolute atomic E-state index is 11.8. The molecule has 2 aromatic heterocycles. The van der Waals surface area contributed by atoms with Crippen LogP contribution in [0.15, 0.2) is 36.8 Å². The molecule has 0 bridgehead atoms. The Bertz CT molecular complexity index is 687. The number of aryl methyl sites for hydroxylation is 1. The second-order valence-corrected chi connectivity index (χ2v) is 4.14. The second kappa shape index (κ2) is 4.89. The van der Waals surface area contributed by atoms with E-state index in [0.29, 0.717) is 13.0 Å². The van der Waals surface area contributed by atoms with Crippen LogP contribution < -0.4 is 5.32 Å². The molecule has 96 valence electrons. The van der Waals surface area contributed by atoms with Gasteiger partial charge in [-0.3, -0.25) is 14.6 Å². The first-order valence-electron chi connectivity index (χ1n) is 5.88. The highest BCUT2D eigenvalue weighted by Crippen LogP contribution is 2.16. The van der Waals surface area contributed by atoms with Crippen molar-refractivity contribution in [3.05, 3.63) is 36.8 Å². The zero-order valence-electron chi connectivity index (χ0n) is 10.1. The van der Waals surface area contributed by atoms with E-state index in [1.807, 2.05) is 18.2 Å². The lowest BCUT2D eigenvalue weighted by Crippen LogP contribution is -2.14. The fourth-order valence-electron chi connectivity index (χ4n) is 1.81. The van der Waals surface area contributed by atoms with Gasteiger partial charge in [-0.05, 0) is 18.2 Å². The fraction of sp³-hybridized carbons (Fsp3) is 0.167. The van der Waals surface area contributed by atoms with Crippen LogP contribution in [0.25, 0.3) is 10.9 Å². The molecule has 0 saturated heterocycles. The molecule has 0 unspecified atom stereocenters. The number of rotatable bonds is 4. The maximum atomic E-state index is 11.8. The Kier molecular flexibility index (Phi) is 2.93. The summed E-state index contributed by atoms with van der Waals surface area (Å²) in [6.45, 7) is 0.514. The molecule has 0 aliphatic carbocycles. The van der Waals surface area contributed by atoms with Crippen molar-refractivity contribution in [2.75, 3.05) is 5.32 Å². The first-order chi connectivity index (χ1) is 9.31. The minimum atomic E-state index is -0.0571. The number of benzene rings is 1. The number of hydrogen-bond donors (Lipinski definition) is 2. The molecule has 0 fully saturated rings. The van der Waals surface area contributed by atoms with Crippen LogP contribution in [0.2, 0.25) is 0 Å². The number of fused-ring (bicyclic) bond motifs is 1. The van der Waals surface area contributed by atoms with E-state index >= 15 is 0 Å². The highest BCUT2D eigenvalue weighted by atomic mass is 16.1. The van der Waals surface area contributed by atoms with Gasteiger partial charge in [-0.15, -0.1) is 5.10 Å². The van der Waals surface area contributed by atoms with E-state index in [4.69, 9.17) is 0 Å². The van der Waals surface area contributed by atoms with E-state index in [1.54, 1.807) is 23.3 Å². The van der Waals surface area contributed by atoms with Crippen LogP contribution in [-0.2, 0) is 11.3 Å². The number of anilines is 1. The summed E-state index contributed by atoms with van der Waals surface area (Å²) in [5.41, 5.74) is 1.71. The minimum Gasteiger partial charge on any atom is -0.326 e. The smallest absolute Gasteiger partial charge is 0.226 e. The molecule has 2 N–H and O–H groups in total. The quantitative estimate of drug-likeness (QED) is 0.733. The van der Waals surface area contributed by atoms with Crippen molar-refractivity contribution in [3.8, 4) is 0 Å². The molecule has 0 radical (unpaired) electrons. The molecule has 7 heteroatoms. The van der Waals surface area contributed by atoms with Crippen molar-refractivity contribution in [1.82, 2.24) is 25.2 Å². The SMILES string of the molecule is O=C(CCn1ccnn1)Nc1ccc2[nH]ncc2c1. The summed E-state index contributed by atoms with van der Waals surface area (Å²) in [7, 11) is 0. The van der Waals surface area contributed by atoms with Crippen LogP contribution in [0.1, 0.15) is 6.42 Å². The summed E-state index contributed by atoms with van der Waals surface area (Å²) in [5, 5.41) is 18.1. The minimum absolute atomic E-state index is 0.0571. The number of nitrogens with one attached hydrogen (secondary N) is 2. The lowest BCUT2D eigenvalue weighted by molar-refractivity contribution is -0.116. The summed E-state index contributed by atoms with van der Waals surface area (Å²) in [5.74, 6) is -0.0571. The van der Waals surface area contributed by atoms with Gasteiger partial charge in [0.15, 0.2) is 0 Å². The summed E-state index contributed by atoms with van der Waals surface area (Å²) >= 11 is 0. The van der Waals surface area contributed by atoms with E-state index in [2.05, 4.69) is 25.8 Å². The van der Waals surface area contributed by atoms with Gasteiger partial charge < -0.3 is 5.32 Å². The Morgan fingerprint density at radius 1 is 1.42 bits per heavy atom. The van der Waals surface area contributed by atoms with E-state index in [-0.39, 0.29) is 5.91 Å². The lowest BCUT2D eigenvalue weighted by Gasteiger charge is -2.05. The molecule has 19 heavy (non-hydrogen) atoms. The molecule has 0 saturated carbocycles. The van der Waals surface area contributed by atoms with Crippen molar-refractivity contribution in [2.24, 2.45) is 0 Å². The normalized spacial score (nSPS) is 10.7. The summed E-state index contributed by atoms with van der Waals surface area (Å²) in [4.78, 5) is 11.8. The van der Waals surface area contributed by atoms with Crippen LogP contribution in [0, 0.1) is 0 Å². The number of hydrogen-bond acceptors (Lipinski definition) is 4. The average Bonchev–Trinajstić information content (AvgIpc) is 3.07. The van der Waals surface area contributed by atoms with Crippen molar-refractivity contribution >= 4 is 22.5 Å². The van der Waals surface area contributed by atoms with Gasteiger partial charge >= 0.3 is 0 Å². The van der Waals surface area contributed by atoms with Crippen molar-refractivity contribution < 1.29 is 4.79 Å². The van der Waals surface area contributed by atoms with E-state index in [0.717, 1.165) is 16.6 Å². The Morgan fingerprint density at radius 3 is 3.21 bits per heavy atom. The van der Waals surface area contributed by atoms with Crippen LogP contribution in [-0.4, -0.2) is 31.1 Å². The molecule has 0 aliphatic heterocycles. The maximum Gasteiger partial charge on any atom is 0.226 e. The van der Waals surface area contributed by atoms with Gasteiger partial charge in [0.1, 0.15) is 0 Å². The predicted molar refractivity (Wildman–Crippen MR) is 69.4 cm³/mol. The topological polar surface area (TPSA) is 88.5 Å². The Labute approximate surface area is 108 Å². The van der Waals surface area contributed by atoms with Gasteiger partial charge in [-0.2, -0.15) is 5.10 Å². The van der Waals surface area contributed by atoms with Gasteiger partial charge in [-0.25, -0.2) is 0 Å². The fourth-order valence-corrected chi connectivity index (χ4v) is 1.81. The highest BCUT2D eigenvalue weighted by molar-refractivity contribution is 5.93.